The summed E-state index contributed by atoms with van der Waals surface area (Å²) < 4.78 is 24.8. The average Bonchev–Trinajstić information content (AvgIpc) is 3.17. The zero-order chi connectivity index (χ0) is 21.3. The number of nitrogens with one attached hydrogen (secondary N) is 2. The molecule has 0 aliphatic carbocycles. The van der Waals surface area contributed by atoms with Gasteiger partial charge in [0.2, 0.25) is 0 Å². The highest BCUT2D eigenvalue weighted by atomic mass is 19.1. The molecule has 0 aliphatic rings. The Morgan fingerprint density at radius 3 is 2.70 bits per heavy atom. The minimum atomic E-state index is -0.486. The van der Waals surface area contributed by atoms with Gasteiger partial charge in [0, 0.05) is 17.4 Å². The highest BCUT2D eigenvalue weighted by Gasteiger charge is 2.07. The summed E-state index contributed by atoms with van der Waals surface area (Å²) in [5.41, 5.74) is 1.32. The van der Waals surface area contributed by atoms with Crippen LogP contribution in [0.25, 0.3) is 0 Å². The van der Waals surface area contributed by atoms with Crippen molar-refractivity contribution in [2.75, 3.05) is 17.3 Å². The van der Waals surface area contributed by atoms with Crippen LogP contribution in [0.1, 0.15) is 18.6 Å². The van der Waals surface area contributed by atoms with Crippen LogP contribution < -0.4 is 15.4 Å². The number of aryl methyl sites for hydroxylation is 1. The number of aliphatic imine (C=N–C) groups is 1. The van der Waals surface area contributed by atoms with E-state index in [2.05, 4.69) is 25.8 Å². The van der Waals surface area contributed by atoms with Crippen molar-refractivity contribution in [3.63, 3.8) is 0 Å². The van der Waals surface area contributed by atoms with Gasteiger partial charge in [0.15, 0.2) is 24.1 Å². The molecule has 8 nitrogen and oxygen atoms in total. The minimum absolute atomic E-state index is 0.0835. The van der Waals surface area contributed by atoms with E-state index in [0.717, 1.165) is 0 Å². The average molecular weight is 411 g/mol. The first-order valence-electron chi connectivity index (χ1n) is 9.22. The van der Waals surface area contributed by atoms with Gasteiger partial charge in [-0.2, -0.15) is 4.98 Å². The van der Waals surface area contributed by atoms with Crippen LogP contribution >= 0.6 is 0 Å². The monoisotopic (exact) mass is 411 g/mol. The van der Waals surface area contributed by atoms with Crippen LogP contribution in [-0.4, -0.2) is 27.8 Å². The maximum atomic E-state index is 14.2. The Hall–Kier alpha value is -3.88. The fraction of sp³-hybridized carbons (Fsp3) is 0.190. The number of ether oxygens (including phenoxy) is 1. The molecular weight excluding hydrogens is 389 g/mol. The van der Waals surface area contributed by atoms with Gasteiger partial charge in [0.1, 0.15) is 18.2 Å². The lowest BCUT2D eigenvalue weighted by Crippen LogP contribution is -2.15. The number of hydrogen-bond donors (Lipinski definition) is 3. The molecule has 0 amide bonds. The maximum absolute atomic E-state index is 14.2. The Morgan fingerprint density at radius 1 is 1.23 bits per heavy atom. The van der Waals surface area contributed by atoms with Crippen molar-refractivity contribution in [1.29, 1.82) is 0 Å². The number of aromatic nitrogens is 2. The lowest BCUT2D eigenvalue weighted by molar-refractivity contribution is 0.242. The molecule has 3 N–H and O–H groups in total. The Kier molecular flexibility index (Phi) is 6.99. The molecule has 1 aromatic heterocycles. The van der Waals surface area contributed by atoms with Gasteiger partial charge in [-0.3, -0.25) is 0 Å². The van der Waals surface area contributed by atoms with Gasteiger partial charge in [0.25, 0.3) is 5.89 Å². The van der Waals surface area contributed by atoms with Crippen LogP contribution in [0.3, 0.4) is 0 Å². The van der Waals surface area contributed by atoms with Crippen molar-refractivity contribution in [2.45, 2.75) is 20.5 Å². The molecule has 0 unspecified atom stereocenters. The third kappa shape index (κ3) is 6.06. The smallest absolute Gasteiger partial charge is 0.264 e. The molecule has 1 heterocycles. The predicted octanol–water partition coefficient (Wildman–Crippen LogP) is 4.42. The van der Waals surface area contributed by atoms with Gasteiger partial charge >= 0.3 is 0 Å². The Labute approximate surface area is 173 Å². The Bertz CT molecular complexity index is 1030. The summed E-state index contributed by atoms with van der Waals surface area (Å²) in [6.07, 6.45) is 1.32. The van der Waals surface area contributed by atoms with Gasteiger partial charge in [-0.05, 0) is 56.3 Å². The first-order chi connectivity index (χ1) is 14.5. The molecule has 30 heavy (non-hydrogen) atoms. The van der Waals surface area contributed by atoms with E-state index in [1.54, 1.807) is 62.4 Å². The van der Waals surface area contributed by atoms with Crippen molar-refractivity contribution in [2.24, 2.45) is 4.99 Å². The lowest BCUT2D eigenvalue weighted by atomic mass is 10.3. The van der Waals surface area contributed by atoms with E-state index in [0.29, 0.717) is 28.8 Å². The molecule has 0 bridgehead atoms. The van der Waals surface area contributed by atoms with Crippen molar-refractivity contribution >= 4 is 17.2 Å². The topological polar surface area (TPSA) is 105 Å². The summed E-state index contributed by atoms with van der Waals surface area (Å²) in [7, 11) is 0. The zero-order valence-corrected chi connectivity index (χ0v) is 16.6. The van der Waals surface area contributed by atoms with Gasteiger partial charge < -0.3 is 25.0 Å². The Morgan fingerprint density at radius 2 is 2.03 bits per heavy atom. The summed E-state index contributed by atoms with van der Waals surface area (Å²) in [6.45, 7) is 3.60. The molecular formula is C21H22FN5O3. The number of hydrogen-bond acceptors (Lipinski definition) is 7. The molecule has 0 saturated carbocycles. The van der Waals surface area contributed by atoms with E-state index < -0.39 is 5.83 Å². The first-order valence-corrected chi connectivity index (χ1v) is 9.22. The molecule has 0 radical (unpaired) electrons. The van der Waals surface area contributed by atoms with E-state index in [1.165, 1.54) is 6.08 Å². The summed E-state index contributed by atoms with van der Waals surface area (Å²) >= 11 is 0. The highest BCUT2D eigenvalue weighted by molar-refractivity contribution is 6.06. The molecule has 0 saturated heterocycles. The van der Waals surface area contributed by atoms with Gasteiger partial charge in [0.05, 0.1) is 0 Å². The van der Waals surface area contributed by atoms with Crippen molar-refractivity contribution in [3.05, 3.63) is 72.1 Å². The van der Waals surface area contributed by atoms with Crippen LogP contribution in [0.4, 0.5) is 15.8 Å². The molecule has 0 fully saturated rings. The van der Waals surface area contributed by atoms with Gasteiger partial charge in [-0.15, -0.1) is 0 Å². The fourth-order valence-corrected chi connectivity index (χ4v) is 2.45. The molecule has 0 spiro atoms. The third-order valence-corrected chi connectivity index (χ3v) is 3.90. The predicted molar refractivity (Wildman–Crippen MR) is 112 cm³/mol. The summed E-state index contributed by atoms with van der Waals surface area (Å²) in [5, 5.41) is 19.1. The Balaban J connectivity index is 1.59. The zero-order valence-electron chi connectivity index (χ0n) is 16.6. The maximum Gasteiger partial charge on any atom is 0.264 e. The highest BCUT2D eigenvalue weighted by Crippen LogP contribution is 2.18. The second-order valence-electron chi connectivity index (χ2n) is 6.20. The van der Waals surface area contributed by atoms with Crippen molar-refractivity contribution in [3.8, 4) is 11.5 Å². The SMILES string of the molecule is C/C=C(F)\C(=N/CNc1cccc(O)c1)Nc1ccc(OCc2nc(C)no2)cc1. The normalized spacial score (nSPS) is 12.0. The minimum Gasteiger partial charge on any atom is -0.508 e. The van der Waals surface area contributed by atoms with Crippen LogP contribution in [-0.2, 0) is 6.61 Å². The number of amidine groups is 1. The van der Waals surface area contributed by atoms with Gasteiger partial charge in [-0.1, -0.05) is 11.2 Å². The lowest BCUT2D eigenvalue weighted by Gasteiger charge is -2.11. The van der Waals surface area contributed by atoms with Crippen LogP contribution in [0, 0.1) is 6.92 Å². The molecule has 156 valence electrons. The standard InChI is InChI=1S/C21H22FN5O3/c1-3-19(22)21(24-13-23-16-5-4-6-17(28)11-16)26-15-7-9-18(10-8-15)29-12-20-25-14(2)27-30-20/h3-11,23,28H,12-13H2,1-2H3,(H,24,26)/b19-3+. The first kappa shape index (κ1) is 20.8. The number of nitrogens with zero attached hydrogens (tertiary/aromatic N) is 3. The number of halogens is 1. The molecule has 0 aliphatic heterocycles. The number of aromatic hydroxyl groups is 1. The molecule has 2 aromatic carbocycles. The van der Waals surface area contributed by atoms with Crippen LogP contribution in [0.15, 0.2) is 69.9 Å². The number of rotatable bonds is 8. The number of anilines is 2. The van der Waals surface area contributed by atoms with E-state index in [4.69, 9.17) is 9.26 Å². The summed E-state index contributed by atoms with van der Waals surface area (Å²) in [4.78, 5) is 8.29. The molecule has 3 aromatic rings. The summed E-state index contributed by atoms with van der Waals surface area (Å²) in [5.74, 6) is 1.27. The van der Waals surface area contributed by atoms with E-state index in [-0.39, 0.29) is 24.9 Å². The largest absolute Gasteiger partial charge is 0.508 e. The third-order valence-electron chi connectivity index (χ3n) is 3.90. The fourth-order valence-electron chi connectivity index (χ4n) is 2.45. The second kappa shape index (κ2) is 10.1. The number of phenols is 1. The van der Waals surface area contributed by atoms with E-state index in [9.17, 15) is 9.50 Å². The quantitative estimate of drug-likeness (QED) is 0.372. The second-order valence-corrected chi connectivity index (χ2v) is 6.20. The molecule has 3 rings (SSSR count). The van der Waals surface area contributed by atoms with Gasteiger partial charge in [-0.25, -0.2) is 9.38 Å². The van der Waals surface area contributed by atoms with E-state index >= 15 is 0 Å². The summed E-state index contributed by atoms with van der Waals surface area (Å²) in [6, 6.07) is 13.6. The van der Waals surface area contributed by atoms with Crippen LogP contribution in [0.5, 0.6) is 11.5 Å². The van der Waals surface area contributed by atoms with Crippen molar-refractivity contribution in [1.82, 2.24) is 10.1 Å². The number of benzene rings is 2. The van der Waals surface area contributed by atoms with E-state index in [1.807, 2.05) is 0 Å². The number of allylic oxidation sites excluding steroid dienone is 1. The molecule has 9 heteroatoms. The molecule has 0 atom stereocenters. The van der Waals surface area contributed by atoms with Crippen LogP contribution in [0.2, 0.25) is 0 Å². The van der Waals surface area contributed by atoms with Crippen molar-refractivity contribution < 1.29 is 18.8 Å². The number of phenolic OH excluding ortho intramolecular Hbond substituents is 1.